The number of anilines is 1. The summed E-state index contributed by atoms with van der Waals surface area (Å²) in [5, 5.41) is 1.50. The number of carbonyl (C=O) groups excluding carboxylic acids is 2. The topological polar surface area (TPSA) is 69.4 Å². The molecule has 4 heteroatoms. The number of cyclic esters (lactones) is 2. The minimum Gasteiger partial charge on any atom is -0.398 e. The average molecular weight is 317 g/mol. The molecule has 0 saturated heterocycles. The second kappa shape index (κ2) is 4.93. The van der Waals surface area contributed by atoms with Crippen molar-refractivity contribution < 1.29 is 14.3 Å². The Balaban J connectivity index is 2.19. The molecule has 0 fully saturated rings. The van der Waals surface area contributed by atoms with E-state index >= 15 is 0 Å². The second-order valence-corrected chi connectivity index (χ2v) is 5.92. The third-order valence-electron chi connectivity index (χ3n) is 4.63. The van der Waals surface area contributed by atoms with Gasteiger partial charge in [-0.1, -0.05) is 18.2 Å². The zero-order chi connectivity index (χ0) is 17.0. The summed E-state index contributed by atoms with van der Waals surface area (Å²) in [6, 6.07) is 5.23. The van der Waals surface area contributed by atoms with Crippen LogP contribution in [-0.2, 0) is 4.74 Å². The van der Waals surface area contributed by atoms with Gasteiger partial charge in [0, 0.05) is 22.0 Å². The molecule has 0 unspecified atom stereocenters. The number of rotatable bonds is 4. The van der Waals surface area contributed by atoms with Gasteiger partial charge in [-0.25, -0.2) is 9.59 Å². The summed E-state index contributed by atoms with van der Waals surface area (Å²) in [4.78, 5) is 24.3. The Labute approximate surface area is 138 Å². The Morgan fingerprint density at radius 2 is 1.54 bits per heavy atom. The Morgan fingerprint density at radius 3 is 2.25 bits per heavy atom. The summed E-state index contributed by atoms with van der Waals surface area (Å²) in [6.45, 7) is 7.67. The smallest absolute Gasteiger partial charge is 0.346 e. The molecular formula is C20H15NO3. The summed E-state index contributed by atoms with van der Waals surface area (Å²) in [6.07, 6.45) is 5.01. The summed E-state index contributed by atoms with van der Waals surface area (Å²) in [5.74, 6) is -1.26. The average Bonchev–Trinajstić information content (AvgIpc) is 2.86. The van der Waals surface area contributed by atoms with Crippen molar-refractivity contribution in [2.24, 2.45) is 0 Å². The van der Waals surface area contributed by atoms with E-state index in [4.69, 9.17) is 10.5 Å². The van der Waals surface area contributed by atoms with E-state index in [1.54, 1.807) is 12.1 Å². The van der Waals surface area contributed by atoms with Crippen molar-refractivity contribution in [3.63, 3.8) is 0 Å². The number of allylic oxidation sites excluding steroid dienone is 4. The SMILES string of the molecule is C=CCC1=C(CC=C)c2c(N)cc3c4c(ccc1c24)C(=O)OC3=O. The number of esters is 2. The summed E-state index contributed by atoms with van der Waals surface area (Å²) < 4.78 is 4.83. The molecule has 4 nitrogen and oxygen atoms in total. The maximum atomic E-state index is 12.1. The van der Waals surface area contributed by atoms with Crippen LogP contribution in [0.3, 0.4) is 0 Å². The first kappa shape index (κ1) is 14.5. The minimum absolute atomic E-state index is 0.348. The zero-order valence-electron chi connectivity index (χ0n) is 13.0. The molecule has 0 spiro atoms. The van der Waals surface area contributed by atoms with Gasteiger partial charge in [-0.15, -0.1) is 13.2 Å². The van der Waals surface area contributed by atoms with Gasteiger partial charge in [0.15, 0.2) is 0 Å². The number of hydrogen-bond acceptors (Lipinski definition) is 4. The van der Waals surface area contributed by atoms with Crippen LogP contribution in [0.2, 0.25) is 0 Å². The highest BCUT2D eigenvalue weighted by atomic mass is 16.6. The molecule has 0 saturated carbocycles. The molecule has 1 heterocycles. The molecule has 0 amide bonds. The summed E-state index contributed by atoms with van der Waals surface area (Å²) >= 11 is 0. The Kier molecular flexibility index (Phi) is 2.97. The lowest BCUT2D eigenvalue weighted by molar-refractivity contribution is 0.0391. The molecule has 2 aromatic rings. The van der Waals surface area contributed by atoms with Gasteiger partial charge < -0.3 is 10.5 Å². The number of carbonyl (C=O) groups is 2. The lowest BCUT2D eigenvalue weighted by atomic mass is 9.91. The molecule has 24 heavy (non-hydrogen) atoms. The first-order valence-corrected chi connectivity index (χ1v) is 7.68. The maximum Gasteiger partial charge on any atom is 0.346 e. The van der Waals surface area contributed by atoms with Gasteiger partial charge in [-0.05, 0) is 41.7 Å². The first-order valence-electron chi connectivity index (χ1n) is 7.68. The molecule has 4 rings (SSSR count). The van der Waals surface area contributed by atoms with Crippen molar-refractivity contribution in [1.29, 1.82) is 0 Å². The van der Waals surface area contributed by atoms with Gasteiger partial charge in [0.2, 0.25) is 0 Å². The standard InChI is InChI=1S/C20H15NO3/c1-3-5-10-11(6-4-2)17-15(21)9-14-16-13(19(22)24-20(14)23)8-7-12(10)18(16)17/h3-4,7-9H,1-2,5-6,21H2. The molecule has 0 bridgehead atoms. The fraction of sp³-hybridized carbons (Fsp3) is 0.100. The lowest BCUT2D eigenvalue weighted by Gasteiger charge is -2.18. The molecule has 2 N–H and O–H groups in total. The molecule has 1 aliphatic carbocycles. The predicted molar refractivity (Wildman–Crippen MR) is 94.5 cm³/mol. The van der Waals surface area contributed by atoms with E-state index in [0.717, 1.165) is 27.7 Å². The van der Waals surface area contributed by atoms with Gasteiger partial charge in [0.05, 0.1) is 11.1 Å². The normalized spacial score (nSPS) is 15.0. The lowest BCUT2D eigenvalue weighted by Crippen LogP contribution is -2.20. The molecule has 0 aromatic heterocycles. The molecule has 0 atom stereocenters. The van der Waals surface area contributed by atoms with Crippen LogP contribution in [0, 0.1) is 0 Å². The molecule has 0 radical (unpaired) electrons. The van der Waals surface area contributed by atoms with E-state index < -0.39 is 11.9 Å². The van der Waals surface area contributed by atoms with Crippen LogP contribution in [0.4, 0.5) is 5.69 Å². The molecule has 1 aliphatic heterocycles. The monoisotopic (exact) mass is 317 g/mol. The molecule has 2 aromatic carbocycles. The molecular weight excluding hydrogens is 302 g/mol. The number of hydrogen-bond donors (Lipinski definition) is 1. The largest absolute Gasteiger partial charge is 0.398 e. The van der Waals surface area contributed by atoms with E-state index in [2.05, 4.69) is 13.2 Å². The number of benzene rings is 2. The van der Waals surface area contributed by atoms with Gasteiger partial charge >= 0.3 is 11.9 Å². The highest BCUT2D eigenvalue weighted by Crippen LogP contribution is 2.50. The van der Waals surface area contributed by atoms with Crippen LogP contribution >= 0.6 is 0 Å². The van der Waals surface area contributed by atoms with E-state index in [9.17, 15) is 9.59 Å². The zero-order valence-corrected chi connectivity index (χ0v) is 13.0. The van der Waals surface area contributed by atoms with Crippen molar-refractivity contribution in [2.45, 2.75) is 12.8 Å². The second-order valence-electron chi connectivity index (χ2n) is 5.92. The van der Waals surface area contributed by atoms with Crippen LogP contribution in [0.25, 0.3) is 21.9 Å². The first-order chi connectivity index (χ1) is 11.6. The van der Waals surface area contributed by atoms with Crippen molar-refractivity contribution >= 4 is 39.5 Å². The Bertz CT molecular complexity index is 1010. The van der Waals surface area contributed by atoms with Crippen molar-refractivity contribution in [2.75, 3.05) is 5.73 Å². The van der Waals surface area contributed by atoms with Crippen LogP contribution in [-0.4, -0.2) is 11.9 Å². The highest BCUT2D eigenvalue weighted by Gasteiger charge is 2.34. The maximum absolute atomic E-state index is 12.1. The van der Waals surface area contributed by atoms with Gasteiger partial charge in [0.25, 0.3) is 0 Å². The number of nitrogens with two attached hydrogens (primary N) is 1. The minimum atomic E-state index is -0.648. The third-order valence-corrected chi connectivity index (χ3v) is 4.63. The van der Waals surface area contributed by atoms with Crippen LogP contribution in [0.1, 0.15) is 44.7 Å². The van der Waals surface area contributed by atoms with Crippen molar-refractivity contribution in [3.8, 4) is 0 Å². The quantitative estimate of drug-likeness (QED) is 0.399. The fourth-order valence-electron chi connectivity index (χ4n) is 3.75. The van der Waals surface area contributed by atoms with Crippen molar-refractivity contribution in [1.82, 2.24) is 0 Å². The van der Waals surface area contributed by atoms with E-state index in [0.29, 0.717) is 35.0 Å². The van der Waals surface area contributed by atoms with Gasteiger partial charge in [0.1, 0.15) is 0 Å². The molecule has 2 aliphatic rings. The third kappa shape index (κ3) is 1.68. The van der Waals surface area contributed by atoms with E-state index in [1.165, 1.54) is 0 Å². The van der Waals surface area contributed by atoms with Crippen LogP contribution < -0.4 is 5.73 Å². The summed E-state index contributed by atoms with van der Waals surface area (Å²) in [5.41, 5.74) is 11.6. The predicted octanol–water partition coefficient (Wildman–Crippen LogP) is 4.11. The van der Waals surface area contributed by atoms with Crippen LogP contribution in [0.5, 0.6) is 0 Å². The van der Waals surface area contributed by atoms with Gasteiger partial charge in [-0.3, -0.25) is 0 Å². The Morgan fingerprint density at radius 1 is 0.917 bits per heavy atom. The van der Waals surface area contributed by atoms with E-state index in [-0.39, 0.29) is 0 Å². The number of ether oxygens (including phenoxy) is 1. The number of nitrogen functional groups attached to an aromatic ring is 1. The van der Waals surface area contributed by atoms with Crippen molar-refractivity contribution in [3.05, 3.63) is 65.8 Å². The van der Waals surface area contributed by atoms with Gasteiger partial charge in [-0.2, -0.15) is 0 Å². The fourth-order valence-corrected chi connectivity index (χ4v) is 3.75. The Hall–Kier alpha value is -3.14. The van der Waals surface area contributed by atoms with Crippen LogP contribution in [0.15, 0.2) is 43.5 Å². The summed E-state index contributed by atoms with van der Waals surface area (Å²) in [7, 11) is 0. The van der Waals surface area contributed by atoms with E-state index in [1.807, 2.05) is 18.2 Å². The highest BCUT2D eigenvalue weighted by molar-refractivity contribution is 6.28. The molecule has 118 valence electrons.